The Hall–Kier alpha value is -2.87. The van der Waals surface area contributed by atoms with E-state index in [1.165, 1.54) is 11.5 Å². The molecule has 1 aromatic carbocycles. The van der Waals surface area contributed by atoms with Crippen LogP contribution < -0.4 is 16.0 Å². The van der Waals surface area contributed by atoms with Gasteiger partial charge in [0.2, 0.25) is 5.88 Å². The van der Waals surface area contributed by atoms with Crippen molar-refractivity contribution in [3.05, 3.63) is 55.7 Å². The van der Waals surface area contributed by atoms with E-state index in [0.29, 0.717) is 17.7 Å². The lowest BCUT2D eigenvalue weighted by Gasteiger charge is -2.16. The van der Waals surface area contributed by atoms with Crippen molar-refractivity contribution in [2.45, 2.75) is 40.8 Å². The molecule has 1 N–H and O–H groups in total. The maximum atomic E-state index is 12.3. The van der Waals surface area contributed by atoms with Crippen LogP contribution in [0.1, 0.15) is 30.5 Å². The zero-order chi connectivity index (χ0) is 20.0. The van der Waals surface area contributed by atoms with Crippen molar-refractivity contribution >= 4 is 5.97 Å². The molecule has 0 aliphatic heterocycles. The van der Waals surface area contributed by atoms with Gasteiger partial charge in [-0.25, -0.2) is 9.36 Å². The third-order valence-corrected chi connectivity index (χ3v) is 3.76. The summed E-state index contributed by atoms with van der Waals surface area (Å²) in [6, 6.07) is 5.64. The molecule has 8 heteroatoms. The smallest absolute Gasteiger partial charge is 0.333 e. The minimum Gasteiger partial charge on any atom is -0.463 e. The normalized spacial score (nSPS) is 10.7. The van der Waals surface area contributed by atoms with Crippen LogP contribution in [-0.4, -0.2) is 28.7 Å². The number of hydrogen-bond donors (Lipinski definition) is 1. The average molecular weight is 376 g/mol. The van der Waals surface area contributed by atoms with Crippen molar-refractivity contribution in [3.8, 4) is 11.6 Å². The largest absolute Gasteiger partial charge is 0.463 e. The van der Waals surface area contributed by atoms with Crippen molar-refractivity contribution in [1.82, 2.24) is 9.55 Å². The number of aromatic amines is 1. The molecule has 0 saturated carbocycles. The van der Waals surface area contributed by atoms with Gasteiger partial charge in [0.05, 0.1) is 12.2 Å². The molecule has 8 nitrogen and oxygen atoms in total. The third kappa shape index (κ3) is 5.55. The highest BCUT2D eigenvalue weighted by Crippen LogP contribution is 2.25. The first-order chi connectivity index (χ1) is 12.8. The van der Waals surface area contributed by atoms with E-state index in [9.17, 15) is 14.4 Å². The number of nitrogens with zero attached hydrogens (tertiary/aromatic N) is 1. The number of carbonyl (C=O) groups is 1. The number of rotatable bonds is 8. The van der Waals surface area contributed by atoms with E-state index >= 15 is 0 Å². The molecule has 27 heavy (non-hydrogen) atoms. The van der Waals surface area contributed by atoms with Gasteiger partial charge in [0.25, 0.3) is 5.56 Å². The topological polar surface area (TPSA) is 99.6 Å². The van der Waals surface area contributed by atoms with Gasteiger partial charge in [0.1, 0.15) is 19.1 Å². The maximum absolute atomic E-state index is 12.3. The molecule has 2 aromatic rings. The Labute approximate surface area is 156 Å². The molecule has 0 aliphatic carbocycles. The summed E-state index contributed by atoms with van der Waals surface area (Å²) < 4.78 is 17.3. The maximum Gasteiger partial charge on any atom is 0.333 e. The molecule has 0 bridgehead atoms. The van der Waals surface area contributed by atoms with Gasteiger partial charge in [0, 0.05) is 6.92 Å². The molecule has 146 valence electrons. The quantitative estimate of drug-likeness (QED) is 0.559. The van der Waals surface area contributed by atoms with Gasteiger partial charge < -0.3 is 14.2 Å². The number of hydrogen-bond acceptors (Lipinski definition) is 6. The fourth-order valence-corrected chi connectivity index (χ4v) is 2.64. The van der Waals surface area contributed by atoms with Gasteiger partial charge in [-0.1, -0.05) is 13.0 Å². The summed E-state index contributed by atoms with van der Waals surface area (Å²) >= 11 is 0. The van der Waals surface area contributed by atoms with E-state index in [2.05, 4.69) is 4.98 Å². The Morgan fingerprint density at radius 3 is 2.37 bits per heavy atom. The summed E-state index contributed by atoms with van der Waals surface area (Å²) in [7, 11) is 0. The lowest BCUT2D eigenvalue weighted by Crippen LogP contribution is -2.34. The molecule has 1 aromatic heterocycles. The van der Waals surface area contributed by atoms with Crippen LogP contribution >= 0.6 is 0 Å². The van der Waals surface area contributed by atoms with Gasteiger partial charge in [0.15, 0.2) is 0 Å². The highest BCUT2D eigenvalue weighted by molar-refractivity contribution is 5.65. The second-order valence-corrected chi connectivity index (χ2v) is 6.13. The molecule has 1 heterocycles. The van der Waals surface area contributed by atoms with Gasteiger partial charge in [-0.15, -0.1) is 0 Å². The van der Waals surface area contributed by atoms with Crippen molar-refractivity contribution in [1.29, 1.82) is 0 Å². The lowest BCUT2D eigenvalue weighted by atomic mass is 10.1. The second kappa shape index (κ2) is 9.18. The third-order valence-electron chi connectivity index (χ3n) is 3.76. The average Bonchev–Trinajstić information content (AvgIpc) is 2.55. The number of H-pyrrole nitrogens is 1. The van der Waals surface area contributed by atoms with Crippen LogP contribution in [0.3, 0.4) is 0 Å². The number of aryl methyl sites for hydroxylation is 2. The Balaban J connectivity index is 2.33. The number of esters is 1. The van der Waals surface area contributed by atoms with Crippen LogP contribution in [0.5, 0.6) is 11.6 Å². The van der Waals surface area contributed by atoms with E-state index in [4.69, 9.17) is 14.2 Å². The molecule has 0 amide bonds. The zero-order valence-electron chi connectivity index (χ0n) is 16.0. The van der Waals surface area contributed by atoms with E-state index in [1.807, 2.05) is 32.0 Å². The van der Waals surface area contributed by atoms with Crippen LogP contribution in [0.15, 0.2) is 27.8 Å². The summed E-state index contributed by atoms with van der Waals surface area (Å²) in [5, 5.41) is 0. The predicted molar refractivity (Wildman–Crippen MR) is 99.3 cm³/mol. The van der Waals surface area contributed by atoms with Crippen LogP contribution in [-0.2, 0) is 27.4 Å². The molecule has 0 radical (unpaired) electrons. The van der Waals surface area contributed by atoms with E-state index < -0.39 is 17.2 Å². The summed E-state index contributed by atoms with van der Waals surface area (Å²) in [5.74, 6) is 0.261. The summed E-state index contributed by atoms with van der Waals surface area (Å²) in [5.41, 5.74) is 1.22. The van der Waals surface area contributed by atoms with Crippen LogP contribution in [0.4, 0.5) is 0 Å². The molecular weight excluding hydrogens is 352 g/mol. The monoisotopic (exact) mass is 376 g/mol. The molecular formula is C19H24N2O6. The molecule has 0 saturated heterocycles. The lowest BCUT2D eigenvalue weighted by molar-refractivity contribution is -0.142. The SMILES string of the molecule is CCc1c(Oc2cc(C)cc(C)c2)n(COCCOC(C)=O)c(=O)[nH]c1=O. The van der Waals surface area contributed by atoms with Crippen LogP contribution in [0.2, 0.25) is 0 Å². The number of ether oxygens (including phenoxy) is 3. The highest BCUT2D eigenvalue weighted by Gasteiger charge is 2.16. The minimum absolute atomic E-state index is 0.0708. The standard InChI is InChI=1S/C19H24N2O6/c1-5-16-17(23)20-19(24)21(11-25-6-7-26-14(4)22)18(16)27-15-9-12(2)8-13(3)10-15/h8-10H,5-7,11H2,1-4H3,(H,20,23,24). The summed E-state index contributed by atoms with van der Waals surface area (Å²) in [4.78, 5) is 37.5. The first-order valence-corrected chi connectivity index (χ1v) is 8.65. The van der Waals surface area contributed by atoms with Gasteiger partial charge in [-0.05, 0) is 43.5 Å². The Morgan fingerprint density at radius 1 is 1.11 bits per heavy atom. The number of aromatic nitrogens is 2. The van der Waals surface area contributed by atoms with Crippen LogP contribution in [0, 0.1) is 13.8 Å². The fraction of sp³-hybridized carbons (Fsp3) is 0.421. The van der Waals surface area contributed by atoms with Crippen molar-refractivity contribution in [2.75, 3.05) is 13.2 Å². The first-order valence-electron chi connectivity index (χ1n) is 8.65. The van der Waals surface area contributed by atoms with Crippen LogP contribution in [0.25, 0.3) is 0 Å². The zero-order valence-corrected chi connectivity index (χ0v) is 16.0. The molecule has 0 aliphatic rings. The first kappa shape index (κ1) is 20.4. The van der Waals surface area contributed by atoms with Gasteiger partial charge in [-0.3, -0.25) is 14.6 Å². The van der Waals surface area contributed by atoms with Gasteiger partial charge in [-0.2, -0.15) is 0 Å². The van der Waals surface area contributed by atoms with Gasteiger partial charge >= 0.3 is 11.7 Å². The molecule has 0 fully saturated rings. The summed E-state index contributed by atoms with van der Waals surface area (Å²) in [6.07, 6.45) is 0.378. The predicted octanol–water partition coefficient (Wildman–Crippen LogP) is 2.05. The van der Waals surface area contributed by atoms with Crippen molar-refractivity contribution in [2.24, 2.45) is 0 Å². The minimum atomic E-state index is -0.635. The van der Waals surface area contributed by atoms with Crippen molar-refractivity contribution < 1.29 is 19.0 Å². The molecule has 0 atom stereocenters. The number of carbonyl (C=O) groups excluding carboxylic acids is 1. The van der Waals surface area contributed by atoms with E-state index in [0.717, 1.165) is 11.1 Å². The Morgan fingerprint density at radius 2 is 1.78 bits per heavy atom. The fourth-order valence-electron chi connectivity index (χ4n) is 2.64. The molecule has 2 rings (SSSR count). The summed E-state index contributed by atoms with van der Waals surface area (Å²) in [6.45, 7) is 7.00. The second-order valence-electron chi connectivity index (χ2n) is 6.13. The van der Waals surface area contributed by atoms with Crippen molar-refractivity contribution in [3.63, 3.8) is 0 Å². The highest BCUT2D eigenvalue weighted by atomic mass is 16.6. The van der Waals surface area contributed by atoms with E-state index in [1.54, 1.807) is 6.92 Å². The molecule has 0 spiro atoms. The Bertz CT molecular complexity index is 909. The molecule has 0 unspecified atom stereocenters. The Kier molecular flexibility index (Phi) is 6.95. The number of nitrogens with one attached hydrogen (secondary N) is 1. The van der Waals surface area contributed by atoms with E-state index in [-0.39, 0.29) is 25.8 Å². The number of benzene rings is 1.